The standard InChI is InChI=1S/C14H26N2O3/c1-10(2)11(8-13(18)19)16-12(17)9-14(15)6-4-3-5-7-14/h10-11H,3-9,15H2,1-2H3,(H,16,17)(H,18,19). The maximum atomic E-state index is 12.0. The quantitative estimate of drug-likeness (QED) is 0.684. The van der Waals surface area contributed by atoms with Crippen molar-refractivity contribution in [2.24, 2.45) is 11.7 Å². The molecule has 1 atom stereocenters. The molecule has 1 rings (SSSR count). The highest BCUT2D eigenvalue weighted by atomic mass is 16.4. The number of aliphatic carboxylic acids is 1. The second kappa shape index (κ2) is 6.89. The molecule has 1 aliphatic carbocycles. The molecule has 0 aromatic heterocycles. The third-order valence-electron chi connectivity index (χ3n) is 3.91. The predicted molar refractivity (Wildman–Crippen MR) is 73.6 cm³/mol. The predicted octanol–water partition coefficient (Wildman–Crippen LogP) is 1.65. The summed E-state index contributed by atoms with van der Waals surface area (Å²) in [5, 5.41) is 11.7. The first-order valence-corrected chi connectivity index (χ1v) is 7.12. The van der Waals surface area contributed by atoms with Gasteiger partial charge in [-0.05, 0) is 18.8 Å². The number of hydrogen-bond donors (Lipinski definition) is 3. The fourth-order valence-electron chi connectivity index (χ4n) is 2.65. The van der Waals surface area contributed by atoms with Crippen LogP contribution in [0.1, 0.15) is 58.8 Å². The summed E-state index contributed by atoms with van der Waals surface area (Å²) in [7, 11) is 0. The lowest BCUT2D eigenvalue weighted by molar-refractivity contribution is -0.138. The molecule has 1 unspecified atom stereocenters. The highest BCUT2D eigenvalue weighted by Gasteiger charge is 2.31. The molecule has 0 bridgehead atoms. The molecular weight excluding hydrogens is 244 g/mol. The van der Waals surface area contributed by atoms with E-state index in [1.165, 1.54) is 6.42 Å². The van der Waals surface area contributed by atoms with Gasteiger partial charge in [0.1, 0.15) is 0 Å². The van der Waals surface area contributed by atoms with Gasteiger partial charge in [-0.1, -0.05) is 33.1 Å². The summed E-state index contributed by atoms with van der Waals surface area (Å²) >= 11 is 0. The van der Waals surface area contributed by atoms with Gasteiger partial charge in [0.25, 0.3) is 0 Å². The molecule has 0 aliphatic heterocycles. The van der Waals surface area contributed by atoms with Crippen LogP contribution in [0.15, 0.2) is 0 Å². The van der Waals surface area contributed by atoms with Crippen LogP contribution < -0.4 is 11.1 Å². The van der Waals surface area contributed by atoms with E-state index in [9.17, 15) is 9.59 Å². The van der Waals surface area contributed by atoms with Gasteiger partial charge in [0.15, 0.2) is 0 Å². The van der Waals surface area contributed by atoms with Gasteiger partial charge in [0, 0.05) is 18.0 Å². The van der Waals surface area contributed by atoms with Crippen LogP contribution in [0, 0.1) is 5.92 Å². The first-order chi connectivity index (χ1) is 8.82. The van der Waals surface area contributed by atoms with Crippen LogP contribution in [0.25, 0.3) is 0 Å². The van der Waals surface area contributed by atoms with E-state index in [1.807, 2.05) is 13.8 Å². The number of amides is 1. The van der Waals surface area contributed by atoms with Crippen molar-refractivity contribution in [3.8, 4) is 0 Å². The lowest BCUT2D eigenvalue weighted by Gasteiger charge is -2.33. The van der Waals surface area contributed by atoms with E-state index >= 15 is 0 Å². The molecule has 1 saturated carbocycles. The van der Waals surface area contributed by atoms with Crippen molar-refractivity contribution in [1.29, 1.82) is 0 Å². The molecule has 0 spiro atoms. The van der Waals surface area contributed by atoms with Crippen molar-refractivity contribution in [3.05, 3.63) is 0 Å². The lowest BCUT2D eigenvalue weighted by atomic mass is 9.80. The molecule has 110 valence electrons. The van der Waals surface area contributed by atoms with E-state index in [-0.39, 0.29) is 24.3 Å². The monoisotopic (exact) mass is 270 g/mol. The SMILES string of the molecule is CC(C)C(CC(=O)O)NC(=O)CC1(N)CCCCC1. The number of nitrogens with two attached hydrogens (primary N) is 1. The summed E-state index contributed by atoms with van der Waals surface area (Å²) in [5.74, 6) is -0.913. The maximum Gasteiger partial charge on any atom is 0.305 e. The molecule has 1 aliphatic rings. The Bertz CT molecular complexity index is 323. The number of rotatable bonds is 6. The number of carboxylic acids is 1. The van der Waals surface area contributed by atoms with E-state index < -0.39 is 11.5 Å². The topological polar surface area (TPSA) is 92.4 Å². The van der Waals surface area contributed by atoms with Crippen molar-refractivity contribution < 1.29 is 14.7 Å². The first-order valence-electron chi connectivity index (χ1n) is 7.12. The molecule has 0 saturated heterocycles. The Morgan fingerprint density at radius 1 is 1.26 bits per heavy atom. The van der Waals surface area contributed by atoms with Gasteiger partial charge >= 0.3 is 5.97 Å². The summed E-state index contributed by atoms with van der Waals surface area (Å²) in [6, 6.07) is -0.322. The Hall–Kier alpha value is -1.10. The highest BCUT2D eigenvalue weighted by Crippen LogP contribution is 2.28. The molecule has 5 heteroatoms. The van der Waals surface area contributed by atoms with Gasteiger partial charge in [-0.15, -0.1) is 0 Å². The van der Waals surface area contributed by atoms with Gasteiger partial charge in [0.2, 0.25) is 5.91 Å². The summed E-state index contributed by atoms with van der Waals surface area (Å²) in [5.41, 5.74) is 5.84. The van der Waals surface area contributed by atoms with Crippen molar-refractivity contribution >= 4 is 11.9 Å². The van der Waals surface area contributed by atoms with Crippen molar-refractivity contribution in [1.82, 2.24) is 5.32 Å². The summed E-state index contributed by atoms with van der Waals surface area (Å²) in [6.07, 6.45) is 5.36. The fourth-order valence-corrected chi connectivity index (χ4v) is 2.65. The molecule has 0 aromatic carbocycles. The highest BCUT2D eigenvalue weighted by molar-refractivity contribution is 5.78. The van der Waals surface area contributed by atoms with E-state index in [0.717, 1.165) is 25.7 Å². The molecule has 19 heavy (non-hydrogen) atoms. The largest absolute Gasteiger partial charge is 0.481 e. The van der Waals surface area contributed by atoms with Gasteiger partial charge in [-0.25, -0.2) is 0 Å². The molecule has 0 heterocycles. The minimum atomic E-state index is -0.890. The third-order valence-corrected chi connectivity index (χ3v) is 3.91. The van der Waals surface area contributed by atoms with Crippen LogP contribution in [-0.2, 0) is 9.59 Å². The van der Waals surface area contributed by atoms with Crippen LogP contribution in [-0.4, -0.2) is 28.6 Å². The van der Waals surface area contributed by atoms with Crippen molar-refractivity contribution in [2.45, 2.75) is 70.4 Å². The molecule has 1 fully saturated rings. The van der Waals surface area contributed by atoms with Gasteiger partial charge in [-0.2, -0.15) is 0 Å². The molecule has 0 aromatic rings. The molecule has 5 nitrogen and oxygen atoms in total. The van der Waals surface area contributed by atoms with Crippen molar-refractivity contribution in [3.63, 3.8) is 0 Å². The Morgan fingerprint density at radius 2 is 1.84 bits per heavy atom. The molecule has 4 N–H and O–H groups in total. The summed E-state index contributed by atoms with van der Waals surface area (Å²) < 4.78 is 0. The number of carboxylic acid groups (broad SMARTS) is 1. The van der Waals surface area contributed by atoms with Gasteiger partial charge in [-0.3, -0.25) is 9.59 Å². The van der Waals surface area contributed by atoms with Crippen LogP contribution in [0.3, 0.4) is 0 Å². The Morgan fingerprint density at radius 3 is 2.32 bits per heavy atom. The van der Waals surface area contributed by atoms with Gasteiger partial charge < -0.3 is 16.2 Å². The number of carbonyl (C=O) groups is 2. The van der Waals surface area contributed by atoms with E-state index in [1.54, 1.807) is 0 Å². The lowest BCUT2D eigenvalue weighted by Crippen LogP contribution is -2.48. The number of carbonyl (C=O) groups excluding carboxylic acids is 1. The van der Waals surface area contributed by atoms with E-state index in [4.69, 9.17) is 10.8 Å². The van der Waals surface area contributed by atoms with Gasteiger partial charge in [0.05, 0.1) is 6.42 Å². The Labute approximate surface area is 114 Å². The third kappa shape index (κ3) is 5.59. The minimum absolute atomic E-state index is 0.0407. The molecule has 1 amide bonds. The maximum absolute atomic E-state index is 12.0. The Kier molecular flexibility index (Phi) is 5.79. The van der Waals surface area contributed by atoms with Crippen LogP contribution in [0.2, 0.25) is 0 Å². The summed E-state index contributed by atoms with van der Waals surface area (Å²) in [6.45, 7) is 3.82. The zero-order valence-corrected chi connectivity index (χ0v) is 11.9. The zero-order chi connectivity index (χ0) is 14.5. The van der Waals surface area contributed by atoms with E-state index in [2.05, 4.69) is 5.32 Å². The normalized spacial score (nSPS) is 20.0. The second-order valence-electron chi connectivity index (χ2n) is 6.12. The number of hydrogen-bond acceptors (Lipinski definition) is 3. The summed E-state index contributed by atoms with van der Waals surface area (Å²) in [4.78, 5) is 22.8. The molecular formula is C14H26N2O3. The average molecular weight is 270 g/mol. The average Bonchev–Trinajstić information content (AvgIpc) is 2.27. The second-order valence-corrected chi connectivity index (χ2v) is 6.12. The van der Waals surface area contributed by atoms with Crippen LogP contribution in [0.4, 0.5) is 0 Å². The van der Waals surface area contributed by atoms with Crippen LogP contribution >= 0.6 is 0 Å². The van der Waals surface area contributed by atoms with Crippen molar-refractivity contribution in [2.75, 3.05) is 0 Å². The van der Waals surface area contributed by atoms with E-state index in [0.29, 0.717) is 6.42 Å². The Balaban J connectivity index is 2.49. The zero-order valence-electron chi connectivity index (χ0n) is 11.9. The smallest absolute Gasteiger partial charge is 0.305 e. The minimum Gasteiger partial charge on any atom is -0.481 e. The fraction of sp³-hybridized carbons (Fsp3) is 0.857. The van der Waals surface area contributed by atoms with Crippen LogP contribution in [0.5, 0.6) is 0 Å². The first kappa shape index (κ1) is 16.0. The number of nitrogens with one attached hydrogen (secondary N) is 1. The molecule has 0 radical (unpaired) electrons.